The minimum absolute atomic E-state index is 0. The Morgan fingerprint density at radius 2 is 1.86 bits per heavy atom. The molecule has 0 saturated carbocycles. The van der Waals surface area contributed by atoms with Gasteiger partial charge in [-0.15, -0.1) is 12.4 Å². The summed E-state index contributed by atoms with van der Waals surface area (Å²) in [5, 5.41) is 7.28. The van der Waals surface area contributed by atoms with Crippen molar-refractivity contribution in [3.05, 3.63) is 71.7 Å². The summed E-state index contributed by atoms with van der Waals surface area (Å²) < 4.78 is 13.3. The Bertz CT molecular complexity index is 927. The molecule has 0 atom stereocenters. The van der Waals surface area contributed by atoms with Gasteiger partial charge in [0.05, 0.1) is 5.69 Å². The van der Waals surface area contributed by atoms with Gasteiger partial charge in [-0.05, 0) is 61.7 Å². The number of nitrogens with zero attached hydrogens (tertiary/aromatic N) is 2. The number of unbranched alkanes of at least 4 members (excludes halogenated alkanes) is 2. The van der Waals surface area contributed by atoms with Gasteiger partial charge in [0.15, 0.2) is 0 Å². The van der Waals surface area contributed by atoms with Crippen LogP contribution < -0.4 is 5.73 Å². The van der Waals surface area contributed by atoms with Gasteiger partial charge in [0.2, 0.25) is 0 Å². The largest absolute Gasteiger partial charge is 0.399 e. The van der Waals surface area contributed by atoms with Crippen molar-refractivity contribution >= 4 is 24.0 Å². The topological polar surface area (TPSA) is 75.0 Å². The van der Waals surface area contributed by atoms with Crippen LogP contribution in [0.4, 0.5) is 10.1 Å². The molecule has 1 aromatic heterocycles. The molecular formula is C22H26ClFN4O. The first kappa shape index (κ1) is 22.4. The van der Waals surface area contributed by atoms with E-state index in [2.05, 4.69) is 10.2 Å². The molecule has 1 amide bonds. The molecule has 0 aliphatic rings. The Hall–Kier alpha value is -2.86. The van der Waals surface area contributed by atoms with Gasteiger partial charge in [-0.3, -0.25) is 9.89 Å². The highest BCUT2D eigenvalue weighted by molar-refractivity contribution is 5.94. The molecule has 5 nitrogen and oxygen atoms in total. The molecule has 0 radical (unpaired) electrons. The average molecular weight is 417 g/mol. The summed E-state index contributed by atoms with van der Waals surface area (Å²) in [5.74, 6) is -0.256. The second-order valence-electron chi connectivity index (χ2n) is 6.95. The molecular weight excluding hydrogens is 391 g/mol. The Morgan fingerprint density at radius 1 is 1.10 bits per heavy atom. The molecule has 1 heterocycles. The lowest BCUT2D eigenvalue weighted by Crippen LogP contribution is -2.27. The second-order valence-corrected chi connectivity index (χ2v) is 6.95. The maximum atomic E-state index is 13.3. The van der Waals surface area contributed by atoms with Crippen molar-refractivity contribution in [1.82, 2.24) is 15.1 Å². The van der Waals surface area contributed by atoms with Crippen LogP contribution in [0.25, 0.3) is 11.3 Å². The number of amides is 1. The number of rotatable bonds is 8. The molecule has 3 aromatic rings. The lowest BCUT2D eigenvalue weighted by atomic mass is 10.1. The maximum absolute atomic E-state index is 13.3. The molecule has 0 aliphatic heterocycles. The predicted octanol–water partition coefficient (Wildman–Crippen LogP) is 4.70. The predicted molar refractivity (Wildman–Crippen MR) is 117 cm³/mol. The van der Waals surface area contributed by atoms with Gasteiger partial charge in [-0.25, -0.2) is 4.39 Å². The van der Waals surface area contributed by atoms with Crippen molar-refractivity contribution in [2.75, 3.05) is 19.3 Å². The third-order valence-corrected chi connectivity index (χ3v) is 4.70. The van der Waals surface area contributed by atoms with Gasteiger partial charge < -0.3 is 10.6 Å². The summed E-state index contributed by atoms with van der Waals surface area (Å²) in [6.07, 6.45) is 3.81. The summed E-state index contributed by atoms with van der Waals surface area (Å²) >= 11 is 0. The second kappa shape index (κ2) is 10.6. The Kier molecular flexibility index (Phi) is 8.21. The van der Waals surface area contributed by atoms with Crippen LogP contribution in [0.5, 0.6) is 0 Å². The number of nitrogens with one attached hydrogen (secondary N) is 1. The number of H-pyrrole nitrogens is 1. The number of hydrogen-bond acceptors (Lipinski definition) is 3. The summed E-state index contributed by atoms with van der Waals surface area (Å²) in [4.78, 5) is 14.1. The normalized spacial score (nSPS) is 10.4. The van der Waals surface area contributed by atoms with E-state index in [1.54, 1.807) is 35.2 Å². The number of benzene rings is 2. The molecule has 0 aliphatic carbocycles. The first-order valence-electron chi connectivity index (χ1n) is 9.44. The number of hydrogen-bond donors (Lipinski definition) is 2. The summed E-state index contributed by atoms with van der Waals surface area (Å²) in [6, 6.07) is 15.4. The number of aromatic amines is 1. The van der Waals surface area contributed by atoms with Crippen molar-refractivity contribution < 1.29 is 9.18 Å². The fourth-order valence-corrected chi connectivity index (χ4v) is 3.07. The monoisotopic (exact) mass is 416 g/mol. The van der Waals surface area contributed by atoms with Crippen molar-refractivity contribution in [2.24, 2.45) is 0 Å². The molecule has 2 aromatic carbocycles. The Balaban J connectivity index is 0.00000300. The van der Waals surface area contributed by atoms with Crippen LogP contribution in [0.2, 0.25) is 0 Å². The number of carbonyl (C=O) groups is 1. The van der Waals surface area contributed by atoms with E-state index < -0.39 is 0 Å². The van der Waals surface area contributed by atoms with E-state index >= 15 is 0 Å². The average Bonchev–Trinajstić information content (AvgIpc) is 3.16. The lowest BCUT2D eigenvalue weighted by molar-refractivity contribution is 0.0792. The number of anilines is 1. The quantitative estimate of drug-likeness (QED) is 0.412. The number of aryl methyl sites for hydroxylation is 1. The number of carbonyl (C=O) groups excluding carboxylic acids is 1. The first-order valence-corrected chi connectivity index (χ1v) is 9.44. The van der Waals surface area contributed by atoms with Gasteiger partial charge in [0, 0.05) is 36.1 Å². The van der Waals surface area contributed by atoms with E-state index in [0.29, 0.717) is 17.8 Å². The molecule has 0 fully saturated rings. The minimum Gasteiger partial charge on any atom is -0.399 e. The van der Waals surface area contributed by atoms with E-state index in [1.807, 2.05) is 19.2 Å². The van der Waals surface area contributed by atoms with Crippen LogP contribution >= 0.6 is 12.4 Å². The zero-order valence-electron chi connectivity index (χ0n) is 16.4. The van der Waals surface area contributed by atoms with Gasteiger partial charge in [-0.2, -0.15) is 5.10 Å². The number of nitrogen functional groups attached to an aromatic ring is 1. The molecule has 0 saturated heterocycles. The van der Waals surface area contributed by atoms with E-state index in [0.717, 1.165) is 42.6 Å². The summed E-state index contributed by atoms with van der Waals surface area (Å²) in [7, 11) is 1.82. The van der Waals surface area contributed by atoms with E-state index in [1.165, 1.54) is 12.1 Å². The highest BCUT2D eigenvalue weighted by Crippen LogP contribution is 2.19. The van der Waals surface area contributed by atoms with Crippen LogP contribution in [-0.2, 0) is 6.42 Å². The molecule has 0 bridgehead atoms. The van der Waals surface area contributed by atoms with Crippen LogP contribution in [0.3, 0.4) is 0 Å². The fraction of sp³-hybridized carbons (Fsp3) is 0.273. The van der Waals surface area contributed by atoms with E-state index in [-0.39, 0.29) is 24.1 Å². The zero-order valence-corrected chi connectivity index (χ0v) is 17.2. The third-order valence-electron chi connectivity index (χ3n) is 4.70. The molecule has 7 heteroatoms. The number of aromatic nitrogens is 2. The first-order chi connectivity index (χ1) is 13.5. The molecule has 3 N–H and O–H groups in total. The highest BCUT2D eigenvalue weighted by atomic mass is 35.5. The molecule has 0 unspecified atom stereocenters. The van der Waals surface area contributed by atoms with E-state index in [4.69, 9.17) is 5.73 Å². The van der Waals surface area contributed by atoms with Crippen LogP contribution in [0.1, 0.15) is 35.3 Å². The standard InChI is InChI=1S/C22H25FN4O.ClH/c1-27(22(28)16-9-11-19(24)12-10-16)13-4-2-3-8-20-15-21(26-25-20)17-6-5-7-18(23)14-17;/h5-7,9-12,14-15H,2-4,8,13,24H2,1H3,(H,25,26);1H. The van der Waals surface area contributed by atoms with Gasteiger partial charge in [0.1, 0.15) is 5.82 Å². The minimum atomic E-state index is -0.264. The fourth-order valence-electron chi connectivity index (χ4n) is 3.07. The molecule has 29 heavy (non-hydrogen) atoms. The van der Waals surface area contributed by atoms with Gasteiger partial charge >= 0.3 is 0 Å². The third kappa shape index (κ3) is 6.32. The van der Waals surface area contributed by atoms with Crippen LogP contribution in [0.15, 0.2) is 54.6 Å². The van der Waals surface area contributed by atoms with Crippen molar-refractivity contribution in [3.63, 3.8) is 0 Å². The molecule has 0 spiro atoms. The lowest BCUT2D eigenvalue weighted by Gasteiger charge is -2.17. The SMILES string of the molecule is CN(CCCCCc1cc(-c2cccc(F)c2)n[nH]1)C(=O)c1ccc(N)cc1.Cl. The van der Waals surface area contributed by atoms with Crippen molar-refractivity contribution in [2.45, 2.75) is 25.7 Å². The maximum Gasteiger partial charge on any atom is 0.253 e. The summed E-state index contributed by atoms with van der Waals surface area (Å²) in [5.41, 5.74) is 9.52. The molecule has 3 rings (SSSR count). The zero-order chi connectivity index (χ0) is 19.9. The van der Waals surface area contributed by atoms with Crippen LogP contribution in [-0.4, -0.2) is 34.6 Å². The Morgan fingerprint density at radius 3 is 2.59 bits per heavy atom. The summed E-state index contributed by atoms with van der Waals surface area (Å²) in [6.45, 7) is 0.709. The molecule has 154 valence electrons. The van der Waals surface area contributed by atoms with Gasteiger partial charge in [-0.1, -0.05) is 18.6 Å². The highest BCUT2D eigenvalue weighted by Gasteiger charge is 2.11. The number of halogens is 2. The Labute approximate surface area is 176 Å². The van der Waals surface area contributed by atoms with Gasteiger partial charge in [0.25, 0.3) is 5.91 Å². The van der Waals surface area contributed by atoms with Crippen molar-refractivity contribution in [3.8, 4) is 11.3 Å². The van der Waals surface area contributed by atoms with E-state index in [9.17, 15) is 9.18 Å². The van der Waals surface area contributed by atoms with Crippen LogP contribution in [0, 0.1) is 5.82 Å². The number of nitrogens with two attached hydrogens (primary N) is 1. The van der Waals surface area contributed by atoms with Crippen molar-refractivity contribution in [1.29, 1.82) is 0 Å². The smallest absolute Gasteiger partial charge is 0.253 e.